The van der Waals surface area contributed by atoms with Gasteiger partial charge in [0.25, 0.3) is 5.91 Å². The fourth-order valence-electron chi connectivity index (χ4n) is 4.03. The number of carbonyl (C=O) groups is 1. The third-order valence-electron chi connectivity index (χ3n) is 5.66. The number of ether oxygens (including phenoxy) is 2. The predicted molar refractivity (Wildman–Crippen MR) is 115 cm³/mol. The van der Waals surface area contributed by atoms with E-state index in [0.29, 0.717) is 41.1 Å². The zero-order valence-corrected chi connectivity index (χ0v) is 17.1. The van der Waals surface area contributed by atoms with Crippen molar-refractivity contribution in [2.45, 2.75) is 31.2 Å². The zero-order chi connectivity index (χ0) is 21.1. The quantitative estimate of drug-likeness (QED) is 0.681. The molecule has 0 saturated heterocycles. The summed E-state index contributed by atoms with van der Waals surface area (Å²) < 4.78 is 10.7. The van der Waals surface area contributed by atoms with Gasteiger partial charge in [0, 0.05) is 10.9 Å². The molecule has 0 spiro atoms. The van der Waals surface area contributed by atoms with Crippen LogP contribution in [0.15, 0.2) is 48.5 Å². The minimum absolute atomic E-state index is 0.251. The van der Waals surface area contributed by atoms with Crippen LogP contribution < -0.4 is 14.8 Å². The number of pyridine rings is 1. The Hall–Kier alpha value is -3.59. The van der Waals surface area contributed by atoms with Gasteiger partial charge in [0.15, 0.2) is 11.5 Å². The summed E-state index contributed by atoms with van der Waals surface area (Å²) in [6.45, 7) is 0. The maximum absolute atomic E-state index is 13.3. The average molecular weight is 401 g/mol. The highest BCUT2D eigenvalue weighted by Gasteiger charge is 2.36. The van der Waals surface area contributed by atoms with Crippen LogP contribution in [0.4, 0.5) is 0 Å². The van der Waals surface area contributed by atoms with Gasteiger partial charge < -0.3 is 14.8 Å². The largest absolute Gasteiger partial charge is 0.493 e. The number of carbonyl (C=O) groups excluding carboxylic acids is 1. The third-order valence-corrected chi connectivity index (χ3v) is 5.66. The molecule has 6 nitrogen and oxygen atoms in total. The number of fused-ring (bicyclic) bond motifs is 1. The zero-order valence-electron chi connectivity index (χ0n) is 17.1. The minimum Gasteiger partial charge on any atom is -0.493 e. The van der Waals surface area contributed by atoms with E-state index >= 15 is 0 Å². The molecule has 0 radical (unpaired) electrons. The topological polar surface area (TPSA) is 84.2 Å². The molecule has 6 heteroatoms. The van der Waals surface area contributed by atoms with Crippen molar-refractivity contribution in [3.63, 3.8) is 0 Å². The molecule has 3 aromatic rings. The molecule has 0 unspecified atom stereocenters. The molecule has 1 aromatic heterocycles. The van der Waals surface area contributed by atoms with Crippen LogP contribution in [0.2, 0.25) is 0 Å². The minimum atomic E-state index is -0.787. The van der Waals surface area contributed by atoms with Crippen molar-refractivity contribution in [1.29, 1.82) is 5.26 Å². The van der Waals surface area contributed by atoms with E-state index in [1.807, 2.05) is 42.5 Å². The van der Waals surface area contributed by atoms with Crippen LogP contribution in [-0.4, -0.2) is 30.6 Å². The molecule has 1 aliphatic rings. The van der Waals surface area contributed by atoms with E-state index in [-0.39, 0.29) is 5.91 Å². The Kier molecular flexibility index (Phi) is 5.28. The lowest BCUT2D eigenvalue weighted by Crippen LogP contribution is -2.45. The molecule has 1 heterocycles. The van der Waals surface area contributed by atoms with Crippen molar-refractivity contribution >= 4 is 16.8 Å². The van der Waals surface area contributed by atoms with E-state index in [1.54, 1.807) is 20.3 Å². The molecular formula is C24H23N3O3. The molecule has 152 valence electrons. The molecule has 0 atom stereocenters. The standard InChI is InChI=1S/C24H23N3O3/c1-29-21-10-9-16(13-22(21)30-2)20-14-18(17-7-3-4-8-19(17)26-20)23(28)27-24(15-25)11-5-6-12-24/h3-4,7-10,13-14H,5-6,11-12H2,1-2H3,(H,27,28). The number of nitrogens with zero attached hydrogens (tertiary/aromatic N) is 2. The van der Waals surface area contributed by atoms with Crippen molar-refractivity contribution in [1.82, 2.24) is 10.3 Å². The lowest BCUT2D eigenvalue weighted by molar-refractivity contribution is 0.0922. The summed E-state index contributed by atoms with van der Waals surface area (Å²) in [5, 5.41) is 13.4. The van der Waals surface area contributed by atoms with Crippen molar-refractivity contribution in [2.24, 2.45) is 0 Å². The molecule has 0 aliphatic heterocycles. The molecule has 4 rings (SSSR count). The molecular weight excluding hydrogens is 378 g/mol. The van der Waals surface area contributed by atoms with Gasteiger partial charge in [-0.25, -0.2) is 4.98 Å². The molecule has 1 aliphatic carbocycles. The van der Waals surface area contributed by atoms with Gasteiger partial charge in [0.1, 0.15) is 5.54 Å². The Labute approximate surface area is 175 Å². The molecule has 2 aromatic carbocycles. The number of hydrogen-bond acceptors (Lipinski definition) is 5. The summed E-state index contributed by atoms with van der Waals surface area (Å²) in [7, 11) is 3.17. The van der Waals surface area contributed by atoms with Crippen LogP contribution in [0.1, 0.15) is 36.0 Å². The first-order chi connectivity index (χ1) is 14.6. The van der Waals surface area contributed by atoms with Crippen LogP contribution in [-0.2, 0) is 0 Å². The highest BCUT2D eigenvalue weighted by atomic mass is 16.5. The maximum Gasteiger partial charge on any atom is 0.253 e. The van der Waals surface area contributed by atoms with Crippen LogP contribution in [0.25, 0.3) is 22.2 Å². The normalized spacial score (nSPS) is 14.8. The van der Waals surface area contributed by atoms with Crippen molar-refractivity contribution in [2.75, 3.05) is 14.2 Å². The lowest BCUT2D eigenvalue weighted by atomic mass is 9.97. The Morgan fingerprint density at radius 2 is 1.80 bits per heavy atom. The number of benzene rings is 2. The number of amides is 1. The Morgan fingerprint density at radius 1 is 1.07 bits per heavy atom. The molecule has 0 bridgehead atoms. The third kappa shape index (κ3) is 3.55. The van der Waals surface area contributed by atoms with E-state index in [9.17, 15) is 10.1 Å². The summed E-state index contributed by atoms with van der Waals surface area (Å²) in [5.74, 6) is 0.960. The van der Waals surface area contributed by atoms with Crippen molar-refractivity contribution in [3.8, 4) is 28.8 Å². The number of para-hydroxylation sites is 1. The Balaban J connectivity index is 1.80. The fourth-order valence-corrected chi connectivity index (χ4v) is 4.03. The van der Waals surface area contributed by atoms with Crippen LogP contribution in [0, 0.1) is 11.3 Å². The summed E-state index contributed by atoms with van der Waals surface area (Å²) in [6, 6.07) is 17.2. The molecule has 1 amide bonds. The van der Waals surface area contributed by atoms with Gasteiger partial charge in [-0.2, -0.15) is 5.26 Å². The molecule has 1 N–H and O–H groups in total. The highest BCUT2D eigenvalue weighted by molar-refractivity contribution is 6.07. The monoisotopic (exact) mass is 401 g/mol. The second-order valence-electron chi connectivity index (χ2n) is 7.50. The highest BCUT2D eigenvalue weighted by Crippen LogP contribution is 2.34. The Bertz CT molecular complexity index is 1140. The van der Waals surface area contributed by atoms with E-state index in [4.69, 9.17) is 14.5 Å². The van der Waals surface area contributed by atoms with Gasteiger partial charge in [-0.3, -0.25) is 4.79 Å². The van der Waals surface area contributed by atoms with E-state index in [2.05, 4.69) is 11.4 Å². The summed E-state index contributed by atoms with van der Waals surface area (Å²) in [5.41, 5.74) is 1.89. The number of methoxy groups -OCH3 is 2. The molecule has 1 fully saturated rings. The number of nitrogens with one attached hydrogen (secondary N) is 1. The van der Waals surface area contributed by atoms with E-state index < -0.39 is 5.54 Å². The number of rotatable bonds is 5. The molecule has 30 heavy (non-hydrogen) atoms. The van der Waals surface area contributed by atoms with E-state index in [0.717, 1.165) is 23.8 Å². The SMILES string of the molecule is COc1ccc(-c2cc(C(=O)NC3(C#N)CCCC3)c3ccccc3n2)cc1OC. The number of hydrogen-bond donors (Lipinski definition) is 1. The number of aromatic nitrogens is 1. The predicted octanol–water partition coefficient (Wildman–Crippen LogP) is 4.49. The molecule has 1 saturated carbocycles. The van der Waals surface area contributed by atoms with Crippen molar-refractivity contribution < 1.29 is 14.3 Å². The second-order valence-corrected chi connectivity index (χ2v) is 7.50. The summed E-state index contributed by atoms with van der Waals surface area (Å²) in [4.78, 5) is 18.0. The maximum atomic E-state index is 13.3. The van der Waals surface area contributed by atoms with Gasteiger partial charge >= 0.3 is 0 Å². The second kappa shape index (κ2) is 8.03. The fraction of sp³-hybridized carbons (Fsp3) is 0.292. The van der Waals surface area contributed by atoms with Gasteiger partial charge in [-0.15, -0.1) is 0 Å². The van der Waals surface area contributed by atoms with Gasteiger partial charge in [-0.05, 0) is 56.0 Å². The first-order valence-corrected chi connectivity index (χ1v) is 9.95. The first-order valence-electron chi connectivity index (χ1n) is 9.95. The van der Waals surface area contributed by atoms with Crippen LogP contribution in [0.3, 0.4) is 0 Å². The van der Waals surface area contributed by atoms with Gasteiger partial charge in [0.2, 0.25) is 0 Å². The van der Waals surface area contributed by atoms with Gasteiger partial charge in [0.05, 0.1) is 37.1 Å². The van der Waals surface area contributed by atoms with Crippen LogP contribution in [0.5, 0.6) is 11.5 Å². The smallest absolute Gasteiger partial charge is 0.253 e. The van der Waals surface area contributed by atoms with Crippen molar-refractivity contribution in [3.05, 3.63) is 54.1 Å². The van der Waals surface area contributed by atoms with Crippen LogP contribution >= 0.6 is 0 Å². The summed E-state index contributed by atoms with van der Waals surface area (Å²) in [6.07, 6.45) is 3.26. The average Bonchev–Trinajstić information content (AvgIpc) is 3.26. The Morgan fingerprint density at radius 3 is 2.50 bits per heavy atom. The summed E-state index contributed by atoms with van der Waals surface area (Å²) >= 11 is 0. The van der Waals surface area contributed by atoms with E-state index in [1.165, 1.54) is 0 Å². The van der Waals surface area contributed by atoms with Gasteiger partial charge in [-0.1, -0.05) is 18.2 Å². The lowest BCUT2D eigenvalue weighted by Gasteiger charge is -2.22. The first kappa shape index (κ1) is 19.7. The number of nitriles is 1.